The molecule has 2 aromatic rings. The Hall–Kier alpha value is -2.21. The van der Waals surface area contributed by atoms with Crippen LogP contribution in [0.25, 0.3) is 5.69 Å². The molecular weight excluding hydrogens is 297 g/mol. The molecule has 1 unspecified atom stereocenters. The summed E-state index contributed by atoms with van der Waals surface area (Å²) >= 11 is 0. The molecule has 1 N–H and O–H groups in total. The molecule has 1 aliphatic carbocycles. The molecule has 3 rings (SSSR count). The van der Waals surface area contributed by atoms with Crippen LogP contribution in [-0.4, -0.2) is 35.4 Å². The van der Waals surface area contributed by atoms with Gasteiger partial charge in [-0.1, -0.05) is 0 Å². The molecule has 0 radical (unpaired) electrons. The quantitative estimate of drug-likeness (QED) is 0.920. The number of ether oxygens (including phenoxy) is 1. The minimum atomic E-state index is -0.288. The van der Waals surface area contributed by atoms with Crippen LogP contribution in [-0.2, 0) is 17.6 Å². The van der Waals surface area contributed by atoms with Gasteiger partial charge < -0.3 is 10.1 Å². The summed E-state index contributed by atoms with van der Waals surface area (Å²) in [4.78, 5) is 12.5. The average molecular weight is 317 g/mol. The molecule has 0 fully saturated rings. The Morgan fingerprint density at radius 1 is 1.39 bits per heavy atom. The maximum Gasteiger partial charge on any atom is 0.272 e. The molecule has 1 amide bonds. The lowest BCUT2D eigenvalue weighted by Crippen LogP contribution is -2.36. The number of hydrogen-bond donors (Lipinski definition) is 1. The second-order valence-electron chi connectivity index (χ2n) is 5.85. The van der Waals surface area contributed by atoms with E-state index in [0.29, 0.717) is 12.3 Å². The number of aromatic nitrogens is 2. The van der Waals surface area contributed by atoms with Crippen LogP contribution in [0.4, 0.5) is 4.39 Å². The molecule has 0 spiro atoms. The van der Waals surface area contributed by atoms with Crippen molar-refractivity contribution in [1.82, 2.24) is 15.1 Å². The number of carbonyl (C=O) groups excluding carboxylic acids is 1. The van der Waals surface area contributed by atoms with Gasteiger partial charge in [0, 0.05) is 24.4 Å². The van der Waals surface area contributed by atoms with E-state index in [2.05, 4.69) is 10.4 Å². The number of halogens is 1. The Kier molecular flexibility index (Phi) is 4.43. The van der Waals surface area contributed by atoms with E-state index in [1.54, 1.807) is 23.9 Å². The SMILES string of the molecule is COCC(C)NC(=O)c1nn(-c2ccc(F)cc2)c2c1CCC2. The Morgan fingerprint density at radius 2 is 2.13 bits per heavy atom. The number of nitrogens with zero attached hydrogens (tertiary/aromatic N) is 2. The molecular formula is C17H20FN3O2. The van der Waals surface area contributed by atoms with E-state index >= 15 is 0 Å². The highest BCUT2D eigenvalue weighted by Crippen LogP contribution is 2.27. The number of nitrogens with one attached hydrogen (secondary N) is 1. The summed E-state index contributed by atoms with van der Waals surface area (Å²) < 4.78 is 19.9. The van der Waals surface area contributed by atoms with Gasteiger partial charge in [-0.25, -0.2) is 9.07 Å². The summed E-state index contributed by atoms with van der Waals surface area (Å²) in [5, 5.41) is 7.39. The lowest BCUT2D eigenvalue weighted by Gasteiger charge is -2.11. The Morgan fingerprint density at radius 3 is 2.83 bits per heavy atom. The first-order valence-corrected chi connectivity index (χ1v) is 7.76. The highest BCUT2D eigenvalue weighted by molar-refractivity contribution is 5.94. The maximum atomic E-state index is 13.1. The molecule has 0 aliphatic heterocycles. The molecule has 0 saturated carbocycles. The number of fused-ring (bicyclic) bond motifs is 1. The lowest BCUT2D eigenvalue weighted by molar-refractivity contribution is 0.0899. The predicted molar refractivity (Wildman–Crippen MR) is 84.4 cm³/mol. The fourth-order valence-corrected chi connectivity index (χ4v) is 3.00. The second-order valence-corrected chi connectivity index (χ2v) is 5.85. The normalized spacial score (nSPS) is 14.6. The minimum Gasteiger partial charge on any atom is -0.383 e. The van der Waals surface area contributed by atoms with Crippen molar-refractivity contribution < 1.29 is 13.9 Å². The highest BCUT2D eigenvalue weighted by Gasteiger charge is 2.27. The van der Waals surface area contributed by atoms with E-state index in [9.17, 15) is 9.18 Å². The zero-order chi connectivity index (χ0) is 16.4. The first kappa shape index (κ1) is 15.7. The standard InChI is InChI=1S/C17H20FN3O2/c1-11(10-23-2)19-17(22)16-14-4-3-5-15(14)21(20-16)13-8-6-12(18)7-9-13/h6-9,11H,3-5,10H2,1-2H3,(H,19,22). The van der Waals surface area contributed by atoms with Gasteiger partial charge in [0.05, 0.1) is 12.3 Å². The van der Waals surface area contributed by atoms with E-state index in [-0.39, 0.29) is 17.8 Å². The molecule has 122 valence electrons. The Bertz CT molecular complexity index is 709. The van der Waals surface area contributed by atoms with Crippen molar-refractivity contribution >= 4 is 5.91 Å². The van der Waals surface area contributed by atoms with E-state index in [4.69, 9.17) is 4.74 Å². The smallest absolute Gasteiger partial charge is 0.272 e. The first-order chi connectivity index (χ1) is 11.1. The van der Waals surface area contributed by atoms with Crippen LogP contribution in [0.2, 0.25) is 0 Å². The van der Waals surface area contributed by atoms with Gasteiger partial charge in [-0.3, -0.25) is 4.79 Å². The van der Waals surface area contributed by atoms with Gasteiger partial charge in [-0.05, 0) is 50.5 Å². The molecule has 0 bridgehead atoms. The molecule has 1 heterocycles. The second kappa shape index (κ2) is 6.50. The first-order valence-electron chi connectivity index (χ1n) is 7.76. The van der Waals surface area contributed by atoms with Crippen molar-refractivity contribution in [3.63, 3.8) is 0 Å². The predicted octanol–water partition coefficient (Wildman–Crippen LogP) is 2.26. The Labute approximate surface area is 134 Å². The van der Waals surface area contributed by atoms with E-state index in [0.717, 1.165) is 36.2 Å². The third kappa shape index (κ3) is 3.12. The van der Waals surface area contributed by atoms with Crippen LogP contribution in [0.5, 0.6) is 0 Å². The largest absolute Gasteiger partial charge is 0.383 e. The number of amides is 1. The zero-order valence-corrected chi connectivity index (χ0v) is 13.3. The van der Waals surface area contributed by atoms with Gasteiger partial charge >= 0.3 is 0 Å². The highest BCUT2D eigenvalue weighted by atomic mass is 19.1. The van der Waals surface area contributed by atoms with Gasteiger partial charge in [0.1, 0.15) is 5.82 Å². The number of benzene rings is 1. The fourth-order valence-electron chi connectivity index (χ4n) is 3.00. The van der Waals surface area contributed by atoms with Crippen molar-refractivity contribution in [3.05, 3.63) is 47.0 Å². The fraction of sp³-hybridized carbons (Fsp3) is 0.412. The van der Waals surface area contributed by atoms with Crippen LogP contribution in [0, 0.1) is 5.82 Å². The zero-order valence-electron chi connectivity index (χ0n) is 13.3. The van der Waals surface area contributed by atoms with E-state index in [1.807, 2.05) is 6.92 Å². The van der Waals surface area contributed by atoms with Crippen LogP contribution in [0.15, 0.2) is 24.3 Å². The van der Waals surface area contributed by atoms with Gasteiger partial charge in [0.25, 0.3) is 5.91 Å². The molecule has 1 aliphatic rings. The Balaban J connectivity index is 1.92. The van der Waals surface area contributed by atoms with Gasteiger partial charge in [-0.15, -0.1) is 0 Å². The van der Waals surface area contributed by atoms with Gasteiger partial charge in [-0.2, -0.15) is 5.10 Å². The summed E-state index contributed by atoms with van der Waals surface area (Å²) in [6, 6.07) is 6.07. The van der Waals surface area contributed by atoms with E-state index in [1.165, 1.54) is 12.1 Å². The third-order valence-electron chi connectivity index (χ3n) is 4.01. The maximum absolute atomic E-state index is 13.1. The van der Waals surface area contributed by atoms with Crippen molar-refractivity contribution in [3.8, 4) is 5.69 Å². The molecule has 6 heteroatoms. The van der Waals surface area contributed by atoms with Crippen molar-refractivity contribution in [1.29, 1.82) is 0 Å². The van der Waals surface area contributed by atoms with Crippen molar-refractivity contribution in [2.75, 3.05) is 13.7 Å². The van der Waals surface area contributed by atoms with Crippen molar-refractivity contribution in [2.45, 2.75) is 32.2 Å². The molecule has 1 atom stereocenters. The molecule has 1 aromatic carbocycles. The van der Waals surface area contributed by atoms with Crippen molar-refractivity contribution in [2.24, 2.45) is 0 Å². The average Bonchev–Trinajstić information content (AvgIpc) is 3.10. The van der Waals surface area contributed by atoms with Gasteiger partial charge in [0.2, 0.25) is 0 Å². The number of methoxy groups -OCH3 is 1. The number of carbonyl (C=O) groups is 1. The van der Waals surface area contributed by atoms with Crippen LogP contribution in [0.3, 0.4) is 0 Å². The summed E-state index contributed by atoms with van der Waals surface area (Å²) in [6.45, 7) is 2.34. The molecule has 23 heavy (non-hydrogen) atoms. The summed E-state index contributed by atoms with van der Waals surface area (Å²) in [5.74, 6) is -0.475. The molecule has 1 aromatic heterocycles. The van der Waals surface area contributed by atoms with Crippen LogP contribution >= 0.6 is 0 Å². The summed E-state index contributed by atoms with van der Waals surface area (Å²) in [7, 11) is 1.60. The monoisotopic (exact) mass is 317 g/mol. The molecule has 5 nitrogen and oxygen atoms in total. The summed E-state index contributed by atoms with van der Waals surface area (Å²) in [6.07, 6.45) is 2.72. The van der Waals surface area contributed by atoms with Crippen LogP contribution in [0.1, 0.15) is 35.1 Å². The number of hydrogen-bond acceptors (Lipinski definition) is 3. The van der Waals surface area contributed by atoms with E-state index < -0.39 is 0 Å². The topological polar surface area (TPSA) is 56.1 Å². The number of rotatable bonds is 5. The summed E-state index contributed by atoms with van der Waals surface area (Å²) in [5.41, 5.74) is 3.27. The van der Waals surface area contributed by atoms with Crippen LogP contribution < -0.4 is 5.32 Å². The minimum absolute atomic E-state index is 0.0828. The lowest BCUT2D eigenvalue weighted by atomic mass is 10.2. The van der Waals surface area contributed by atoms with Gasteiger partial charge in [0.15, 0.2) is 5.69 Å². The third-order valence-corrected chi connectivity index (χ3v) is 4.01. The molecule has 0 saturated heterocycles.